The van der Waals surface area contributed by atoms with Gasteiger partial charge in [-0.1, -0.05) is 11.2 Å². The van der Waals surface area contributed by atoms with Gasteiger partial charge in [0.05, 0.1) is 23.1 Å². The van der Waals surface area contributed by atoms with Crippen molar-refractivity contribution in [1.29, 1.82) is 0 Å². The van der Waals surface area contributed by atoms with E-state index in [2.05, 4.69) is 35.8 Å². The summed E-state index contributed by atoms with van der Waals surface area (Å²) < 4.78 is 11.2. The molecule has 3 heterocycles. The maximum Gasteiger partial charge on any atom is 0.244 e. The maximum absolute atomic E-state index is 5.76. The Kier molecular flexibility index (Phi) is 3.87. The lowest BCUT2D eigenvalue weighted by Gasteiger charge is -2.37. The van der Waals surface area contributed by atoms with Gasteiger partial charge in [-0.15, -0.1) is 11.3 Å². The van der Waals surface area contributed by atoms with Gasteiger partial charge in [0.2, 0.25) is 11.7 Å². The summed E-state index contributed by atoms with van der Waals surface area (Å²) in [6.45, 7) is 8.08. The molecule has 5 nitrogen and oxygen atoms in total. The van der Waals surface area contributed by atoms with Gasteiger partial charge in [-0.25, -0.2) is 0 Å². The molecule has 0 aromatic carbocycles. The van der Waals surface area contributed by atoms with Crippen molar-refractivity contribution < 1.29 is 9.26 Å². The number of morpholine rings is 1. The minimum atomic E-state index is 0.116. The average Bonchev–Trinajstić information content (AvgIpc) is 3.07. The Hall–Kier alpha value is -1.24. The van der Waals surface area contributed by atoms with Gasteiger partial charge in [-0.3, -0.25) is 4.90 Å². The third kappa shape index (κ3) is 2.77. The molecule has 1 aliphatic heterocycles. The normalized spacial score (nSPS) is 25.8. The van der Waals surface area contributed by atoms with Crippen LogP contribution in [-0.2, 0) is 4.74 Å². The van der Waals surface area contributed by atoms with Crippen LogP contribution in [0.1, 0.15) is 32.7 Å². The molecule has 0 N–H and O–H groups in total. The lowest BCUT2D eigenvalue weighted by Crippen LogP contribution is -2.46. The summed E-state index contributed by atoms with van der Waals surface area (Å²) in [5.74, 6) is 1.35. The largest absolute Gasteiger partial charge is 0.373 e. The van der Waals surface area contributed by atoms with Crippen LogP contribution >= 0.6 is 11.3 Å². The highest BCUT2D eigenvalue weighted by Crippen LogP contribution is 2.27. The van der Waals surface area contributed by atoms with Crippen LogP contribution in [0.15, 0.2) is 22.0 Å². The third-order valence-corrected chi connectivity index (χ3v) is 4.40. The van der Waals surface area contributed by atoms with Crippen LogP contribution in [0, 0.1) is 0 Å². The molecule has 0 bridgehead atoms. The molecule has 0 aliphatic carbocycles. The summed E-state index contributed by atoms with van der Waals surface area (Å²) in [6, 6.07) is 4.11. The van der Waals surface area contributed by atoms with Gasteiger partial charge in [-0.05, 0) is 32.2 Å². The van der Waals surface area contributed by atoms with E-state index in [0.29, 0.717) is 11.7 Å². The van der Waals surface area contributed by atoms with Crippen LogP contribution in [0.3, 0.4) is 0 Å². The quantitative estimate of drug-likeness (QED) is 0.871. The molecule has 0 radical (unpaired) electrons. The smallest absolute Gasteiger partial charge is 0.244 e. The lowest BCUT2D eigenvalue weighted by molar-refractivity contribution is -0.0818. The second-order valence-electron chi connectivity index (χ2n) is 5.32. The topological polar surface area (TPSA) is 51.4 Å². The highest BCUT2D eigenvalue weighted by atomic mass is 32.1. The Morgan fingerprint density at radius 2 is 2.10 bits per heavy atom. The number of aromatic nitrogens is 2. The van der Waals surface area contributed by atoms with Gasteiger partial charge in [0.15, 0.2) is 0 Å². The SMILES string of the molecule is C[C@@H]1CN([C@H](C)c2nc(-c3cccs3)no2)C[C@H](C)O1. The van der Waals surface area contributed by atoms with Crippen molar-refractivity contribution in [2.75, 3.05) is 13.1 Å². The third-order valence-electron chi connectivity index (χ3n) is 3.54. The van der Waals surface area contributed by atoms with Crippen LogP contribution in [0.25, 0.3) is 10.7 Å². The summed E-state index contributed by atoms with van der Waals surface area (Å²) in [7, 11) is 0. The van der Waals surface area contributed by atoms with Crippen molar-refractivity contribution in [3.8, 4) is 10.7 Å². The first kappa shape index (κ1) is 13.7. The fraction of sp³-hybridized carbons (Fsp3) is 0.571. The second-order valence-corrected chi connectivity index (χ2v) is 6.27. The Balaban J connectivity index is 1.75. The average molecular weight is 293 g/mol. The summed E-state index contributed by atoms with van der Waals surface area (Å²) in [6.07, 6.45) is 0.474. The van der Waals surface area contributed by atoms with Crippen molar-refractivity contribution in [2.24, 2.45) is 0 Å². The van der Waals surface area contributed by atoms with Gasteiger partial charge >= 0.3 is 0 Å². The van der Waals surface area contributed by atoms with Crippen LogP contribution < -0.4 is 0 Å². The number of rotatable bonds is 3. The van der Waals surface area contributed by atoms with Gasteiger partial charge in [-0.2, -0.15) is 4.98 Å². The molecule has 2 aromatic rings. The molecule has 0 amide bonds. The first-order valence-electron chi connectivity index (χ1n) is 6.90. The predicted molar refractivity (Wildman–Crippen MR) is 77.6 cm³/mol. The Bertz CT molecular complexity index is 545. The molecular weight excluding hydrogens is 274 g/mol. The number of hydrogen-bond donors (Lipinski definition) is 0. The molecule has 1 fully saturated rings. The monoisotopic (exact) mass is 293 g/mol. The first-order chi connectivity index (χ1) is 9.63. The Morgan fingerprint density at radius 1 is 1.35 bits per heavy atom. The lowest BCUT2D eigenvalue weighted by atomic mass is 10.2. The van der Waals surface area contributed by atoms with E-state index in [1.54, 1.807) is 11.3 Å². The minimum Gasteiger partial charge on any atom is -0.373 e. The summed E-state index contributed by atoms with van der Waals surface area (Å²) >= 11 is 1.62. The number of ether oxygens (including phenoxy) is 1. The predicted octanol–water partition coefficient (Wildman–Crippen LogP) is 2.97. The minimum absolute atomic E-state index is 0.116. The zero-order chi connectivity index (χ0) is 14.1. The van der Waals surface area contributed by atoms with E-state index in [1.165, 1.54) is 0 Å². The van der Waals surface area contributed by atoms with Crippen LogP contribution in [-0.4, -0.2) is 40.3 Å². The van der Waals surface area contributed by atoms with Gasteiger partial charge < -0.3 is 9.26 Å². The van der Waals surface area contributed by atoms with E-state index in [4.69, 9.17) is 9.26 Å². The molecule has 0 spiro atoms. The molecule has 1 aliphatic rings. The van der Waals surface area contributed by atoms with Crippen molar-refractivity contribution in [3.63, 3.8) is 0 Å². The number of nitrogens with zero attached hydrogens (tertiary/aromatic N) is 3. The van der Waals surface area contributed by atoms with Crippen molar-refractivity contribution in [3.05, 3.63) is 23.4 Å². The highest BCUT2D eigenvalue weighted by molar-refractivity contribution is 7.13. The van der Waals surface area contributed by atoms with Crippen LogP contribution in [0.4, 0.5) is 0 Å². The molecule has 0 saturated carbocycles. The van der Waals surface area contributed by atoms with Gasteiger partial charge in [0, 0.05) is 13.1 Å². The van der Waals surface area contributed by atoms with E-state index in [9.17, 15) is 0 Å². The Morgan fingerprint density at radius 3 is 2.75 bits per heavy atom. The summed E-state index contributed by atoms with van der Waals surface area (Å²) in [4.78, 5) is 7.90. The molecular formula is C14H19N3O2S. The van der Waals surface area contributed by atoms with Gasteiger partial charge in [0.1, 0.15) is 0 Å². The van der Waals surface area contributed by atoms with E-state index in [0.717, 1.165) is 18.0 Å². The number of hydrogen-bond acceptors (Lipinski definition) is 6. The summed E-state index contributed by atoms with van der Waals surface area (Å²) in [5.41, 5.74) is 0. The van der Waals surface area contributed by atoms with Gasteiger partial charge in [0.25, 0.3) is 0 Å². The fourth-order valence-corrected chi connectivity index (χ4v) is 3.25. The van der Waals surface area contributed by atoms with E-state index in [-0.39, 0.29) is 18.2 Å². The molecule has 6 heteroatoms. The maximum atomic E-state index is 5.76. The molecule has 3 atom stereocenters. The van der Waals surface area contributed by atoms with Crippen molar-refractivity contribution in [2.45, 2.75) is 39.0 Å². The molecule has 3 rings (SSSR count). The van der Waals surface area contributed by atoms with Crippen LogP contribution in [0.2, 0.25) is 0 Å². The van der Waals surface area contributed by atoms with E-state index < -0.39 is 0 Å². The highest BCUT2D eigenvalue weighted by Gasteiger charge is 2.29. The molecule has 1 saturated heterocycles. The van der Waals surface area contributed by atoms with Crippen molar-refractivity contribution >= 4 is 11.3 Å². The molecule has 20 heavy (non-hydrogen) atoms. The van der Waals surface area contributed by atoms with E-state index >= 15 is 0 Å². The second kappa shape index (κ2) is 5.63. The van der Waals surface area contributed by atoms with Crippen LogP contribution in [0.5, 0.6) is 0 Å². The van der Waals surface area contributed by atoms with E-state index in [1.807, 2.05) is 17.5 Å². The molecule has 2 aromatic heterocycles. The molecule has 0 unspecified atom stereocenters. The first-order valence-corrected chi connectivity index (χ1v) is 7.78. The zero-order valence-corrected chi connectivity index (χ0v) is 12.8. The van der Waals surface area contributed by atoms with Crippen molar-refractivity contribution in [1.82, 2.24) is 15.0 Å². The fourth-order valence-electron chi connectivity index (χ4n) is 2.60. The zero-order valence-electron chi connectivity index (χ0n) is 11.9. The Labute approximate surface area is 122 Å². The number of thiophene rings is 1. The standard InChI is InChI=1S/C14H19N3O2S/c1-9-7-17(8-10(2)18-9)11(3)14-15-13(16-19-14)12-5-4-6-20-12/h4-6,9-11H,7-8H2,1-3H3/t9-,10+,11-/m1/s1. The summed E-state index contributed by atoms with van der Waals surface area (Å²) in [5, 5.41) is 6.09. The molecule has 108 valence electrons.